The number of methoxy groups -OCH3 is 1. The maximum Gasteiger partial charge on any atom is 0.308 e. The summed E-state index contributed by atoms with van der Waals surface area (Å²) in [6.07, 6.45) is 2.62. The van der Waals surface area contributed by atoms with Crippen LogP contribution in [-0.4, -0.2) is 58.6 Å². The van der Waals surface area contributed by atoms with Crippen molar-refractivity contribution in [3.8, 4) is 5.75 Å². The molecule has 0 aliphatic carbocycles. The van der Waals surface area contributed by atoms with Crippen LogP contribution >= 0.6 is 11.8 Å². The number of piperidine rings is 1. The van der Waals surface area contributed by atoms with Crippen LogP contribution in [0, 0.1) is 23.5 Å². The fourth-order valence-electron chi connectivity index (χ4n) is 4.89. The van der Waals surface area contributed by atoms with Crippen LogP contribution in [0.25, 0.3) is 10.9 Å². The van der Waals surface area contributed by atoms with Crippen molar-refractivity contribution >= 4 is 28.6 Å². The number of carboxylic acids is 1. The first-order valence-electron chi connectivity index (χ1n) is 12.0. The molecule has 0 radical (unpaired) electrons. The maximum atomic E-state index is 13.8. The Morgan fingerprint density at radius 2 is 2.03 bits per heavy atom. The fraction of sp³-hybridized carbons (Fsp3) is 0.407. The summed E-state index contributed by atoms with van der Waals surface area (Å²) >= 11 is 1.11. The summed E-state index contributed by atoms with van der Waals surface area (Å²) in [7, 11) is 1.59. The Morgan fingerprint density at radius 3 is 2.75 bits per heavy atom. The number of aliphatic hydroxyl groups excluding tert-OH is 1. The lowest BCUT2D eigenvalue weighted by Gasteiger charge is -2.37. The third-order valence-electron chi connectivity index (χ3n) is 6.88. The first-order valence-corrected chi connectivity index (χ1v) is 13.0. The SMILES string of the molecule is COc1ccc2nccc(C(O)CC[C@@H]3CCN(CCSc4c(F)cccc4F)C[C@@H]3C(=O)O)c2c1. The highest BCUT2D eigenvalue weighted by Crippen LogP contribution is 2.34. The van der Waals surface area contributed by atoms with E-state index in [1.807, 2.05) is 23.1 Å². The van der Waals surface area contributed by atoms with Gasteiger partial charge in [0.05, 0.1) is 29.5 Å². The molecule has 1 aliphatic heterocycles. The van der Waals surface area contributed by atoms with E-state index in [-0.39, 0.29) is 10.8 Å². The van der Waals surface area contributed by atoms with Gasteiger partial charge in [0.1, 0.15) is 17.4 Å². The summed E-state index contributed by atoms with van der Waals surface area (Å²) in [4.78, 5) is 18.4. The molecule has 9 heteroatoms. The number of likely N-dealkylation sites (tertiary alicyclic amines) is 1. The number of fused-ring (bicyclic) bond motifs is 1. The van der Waals surface area contributed by atoms with Crippen LogP contribution in [-0.2, 0) is 4.79 Å². The van der Waals surface area contributed by atoms with Gasteiger partial charge < -0.3 is 19.8 Å². The number of halogens is 2. The lowest BCUT2D eigenvalue weighted by molar-refractivity contribution is -0.146. The van der Waals surface area contributed by atoms with E-state index in [4.69, 9.17) is 4.74 Å². The van der Waals surface area contributed by atoms with Crippen molar-refractivity contribution in [2.45, 2.75) is 30.3 Å². The predicted octanol–water partition coefficient (Wildman–Crippen LogP) is 5.15. The Morgan fingerprint density at radius 1 is 1.25 bits per heavy atom. The Bertz CT molecular complexity index is 1190. The van der Waals surface area contributed by atoms with Crippen LogP contribution in [0.5, 0.6) is 5.75 Å². The highest BCUT2D eigenvalue weighted by Gasteiger charge is 2.34. The molecule has 3 atom stereocenters. The molecular formula is C27H30F2N2O4S. The largest absolute Gasteiger partial charge is 0.497 e. The molecular weight excluding hydrogens is 486 g/mol. The highest BCUT2D eigenvalue weighted by atomic mass is 32.2. The minimum atomic E-state index is -0.855. The van der Waals surface area contributed by atoms with Crippen LogP contribution in [0.15, 0.2) is 53.6 Å². The number of hydrogen-bond acceptors (Lipinski definition) is 6. The molecule has 0 amide bonds. The molecule has 1 aromatic heterocycles. The topological polar surface area (TPSA) is 82.9 Å². The Kier molecular flexibility index (Phi) is 8.77. The lowest BCUT2D eigenvalue weighted by Crippen LogP contribution is -2.44. The summed E-state index contributed by atoms with van der Waals surface area (Å²) < 4.78 is 33.0. The fourth-order valence-corrected chi connectivity index (χ4v) is 5.85. The number of carboxylic acid groups (broad SMARTS) is 1. The van der Waals surface area contributed by atoms with E-state index in [0.29, 0.717) is 50.4 Å². The number of benzene rings is 2. The van der Waals surface area contributed by atoms with E-state index < -0.39 is 29.6 Å². The van der Waals surface area contributed by atoms with Gasteiger partial charge in [0.2, 0.25) is 0 Å². The Balaban J connectivity index is 1.34. The van der Waals surface area contributed by atoms with Gasteiger partial charge >= 0.3 is 5.97 Å². The van der Waals surface area contributed by atoms with E-state index >= 15 is 0 Å². The van der Waals surface area contributed by atoms with Gasteiger partial charge in [-0.05, 0) is 73.7 Å². The number of aliphatic carboxylic acids is 1. The van der Waals surface area contributed by atoms with Gasteiger partial charge in [-0.15, -0.1) is 11.8 Å². The van der Waals surface area contributed by atoms with Gasteiger partial charge in [-0.2, -0.15) is 0 Å². The minimum Gasteiger partial charge on any atom is -0.497 e. The molecule has 4 rings (SSSR count). The van der Waals surface area contributed by atoms with Crippen molar-refractivity contribution in [3.63, 3.8) is 0 Å². The zero-order valence-corrected chi connectivity index (χ0v) is 20.9. The molecule has 2 N–H and O–H groups in total. The van der Waals surface area contributed by atoms with Crippen molar-refractivity contribution in [1.29, 1.82) is 0 Å². The second kappa shape index (κ2) is 12.0. The third kappa shape index (κ3) is 6.14. The average Bonchev–Trinajstić information content (AvgIpc) is 2.88. The molecule has 2 heterocycles. The molecule has 192 valence electrons. The monoisotopic (exact) mass is 516 g/mol. The number of nitrogens with zero attached hydrogens (tertiary/aromatic N) is 2. The maximum absolute atomic E-state index is 13.8. The van der Waals surface area contributed by atoms with Gasteiger partial charge in [0.15, 0.2) is 0 Å². The van der Waals surface area contributed by atoms with Crippen LogP contribution in [0.4, 0.5) is 8.78 Å². The second-order valence-corrected chi connectivity index (χ2v) is 10.2. The van der Waals surface area contributed by atoms with Crippen molar-refractivity contribution in [1.82, 2.24) is 9.88 Å². The van der Waals surface area contributed by atoms with E-state index in [2.05, 4.69) is 4.98 Å². The quantitative estimate of drug-likeness (QED) is 0.361. The van der Waals surface area contributed by atoms with Crippen molar-refractivity contribution in [2.75, 3.05) is 32.5 Å². The number of aromatic nitrogens is 1. The molecule has 1 unspecified atom stereocenters. The first kappa shape index (κ1) is 26.3. The van der Waals surface area contributed by atoms with Crippen LogP contribution in [0.1, 0.15) is 30.9 Å². The Labute approximate surface area is 213 Å². The molecule has 0 spiro atoms. The summed E-state index contributed by atoms with van der Waals surface area (Å²) in [5, 5.41) is 21.7. The summed E-state index contributed by atoms with van der Waals surface area (Å²) in [5.41, 5.74) is 1.51. The molecule has 6 nitrogen and oxygen atoms in total. The van der Waals surface area contributed by atoms with E-state index in [9.17, 15) is 23.8 Å². The first-order chi connectivity index (χ1) is 17.4. The molecule has 1 fully saturated rings. The number of aliphatic hydroxyl groups is 1. The van der Waals surface area contributed by atoms with E-state index in [1.165, 1.54) is 18.2 Å². The van der Waals surface area contributed by atoms with Gasteiger partial charge in [0.25, 0.3) is 0 Å². The molecule has 0 bridgehead atoms. The number of thioether (sulfide) groups is 1. The molecule has 2 aromatic carbocycles. The van der Waals surface area contributed by atoms with Gasteiger partial charge in [-0.3, -0.25) is 9.78 Å². The smallest absolute Gasteiger partial charge is 0.308 e. The zero-order valence-electron chi connectivity index (χ0n) is 20.1. The normalized spacial score (nSPS) is 19.3. The number of pyridine rings is 1. The second-order valence-electron chi connectivity index (χ2n) is 9.07. The predicted molar refractivity (Wildman–Crippen MR) is 135 cm³/mol. The molecule has 1 saturated heterocycles. The number of ether oxygens (including phenoxy) is 1. The van der Waals surface area contributed by atoms with Gasteiger partial charge in [-0.25, -0.2) is 8.78 Å². The van der Waals surface area contributed by atoms with Crippen LogP contribution in [0.2, 0.25) is 0 Å². The van der Waals surface area contributed by atoms with Crippen molar-refractivity contribution < 1.29 is 28.5 Å². The molecule has 1 aliphatic rings. The zero-order chi connectivity index (χ0) is 25.7. The number of carbonyl (C=O) groups is 1. The number of hydrogen-bond donors (Lipinski definition) is 2. The average molecular weight is 517 g/mol. The van der Waals surface area contributed by atoms with Gasteiger partial charge in [-0.1, -0.05) is 6.07 Å². The summed E-state index contributed by atoms with van der Waals surface area (Å²) in [6.45, 7) is 1.63. The summed E-state index contributed by atoms with van der Waals surface area (Å²) in [6, 6.07) is 11.1. The number of rotatable bonds is 10. The van der Waals surface area contributed by atoms with Crippen LogP contribution in [0.3, 0.4) is 0 Å². The molecule has 0 saturated carbocycles. The van der Waals surface area contributed by atoms with Gasteiger partial charge in [0, 0.05) is 30.4 Å². The summed E-state index contributed by atoms with van der Waals surface area (Å²) in [5.74, 6) is -1.50. The highest BCUT2D eigenvalue weighted by molar-refractivity contribution is 7.99. The van der Waals surface area contributed by atoms with Crippen molar-refractivity contribution in [3.05, 3.63) is 65.9 Å². The lowest BCUT2D eigenvalue weighted by atomic mass is 9.81. The Hall–Kier alpha value is -2.75. The standard InChI is InChI=1S/C27H30F2N2O4S/c1-35-18-6-7-24-20(15-18)19(9-11-30-24)25(32)8-5-17-10-12-31(16-21(17)27(33)34)13-14-36-26-22(28)3-2-4-23(26)29/h2-4,6-7,9,11,15,17,21,25,32H,5,8,10,12-14,16H2,1H3,(H,33,34)/t17-,21+,25?/m1/s1. The van der Waals surface area contributed by atoms with E-state index in [0.717, 1.165) is 28.2 Å². The third-order valence-corrected chi connectivity index (χ3v) is 7.95. The van der Waals surface area contributed by atoms with E-state index in [1.54, 1.807) is 19.4 Å². The molecule has 36 heavy (non-hydrogen) atoms. The van der Waals surface area contributed by atoms with Crippen molar-refractivity contribution in [2.24, 2.45) is 11.8 Å². The minimum absolute atomic E-state index is 0.00239. The molecule has 3 aromatic rings. The van der Waals surface area contributed by atoms with Crippen LogP contribution < -0.4 is 4.74 Å².